The van der Waals surface area contributed by atoms with Gasteiger partial charge in [-0.2, -0.15) is 4.98 Å². The van der Waals surface area contributed by atoms with E-state index in [9.17, 15) is 0 Å². The van der Waals surface area contributed by atoms with E-state index in [2.05, 4.69) is 78.6 Å². The van der Waals surface area contributed by atoms with Crippen molar-refractivity contribution in [2.75, 3.05) is 0 Å². The molecule has 0 aliphatic heterocycles. The SMILES string of the molecule is CCCCCc1ccc(-c2ccc(-c3noc(-c4cccc(C)c4)n3)cc2)cc1. The lowest BCUT2D eigenvalue weighted by Gasteiger charge is -2.05. The van der Waals surface area contributed by atoms with Gasteiger partial charge in [0.1, 0.15) is 0 Å². The molecular formula is C26H26N2O. The standard InChI is InChI=1S/C26H26N2O/c1-3-4-5-8-20-10-12-21(13-11-20)22-14-16-23(17-15-22)25-27-26(29-28-25)24-9-6-7-19(2)18-24/h6-7,9-18H,3-5,8H2,1-2H3. The summed E-state index contributed by atoms with van der Waals surface area (Å²) >= 11 is 0. The molecule has 0 fully saturated rings. The molecule has 0 radical (unpaired) electrons. The van der Waals surface area contributed by atoms with E-state index in [0.717, 1.165) is 17.5 Å². The molecule has 1 heterocycles. The monoisotopic (exact) mass is 382 g/mol. The molecule has 0 aliphatic carbocycles. The van der Waals surface area contributed by atoms with Crippen LogP contribution in [0.25, 0.3) is 34.0 Å². The van der Waals surface area contributed by atoms with E-state index in [1.54, 1.807) is 0 Å². The molecule has 3 nitrogen and oxygen atoms in total. The summed E-state index contributed by atoms with van der Waals surface area (Å²) in [5.41, 5.74) is 6.89. The maximum Gasteiger partial charge on any atom is 0.258 e. The molecular weight excluding hydrogens is 356 g/mol. The second-order valence-corrected chi connectivity index (χ2v) is 7.52. The van der Waals surface area contributed by atoms with Crippen molar-refractivity contribution in [2.24, 2.45) is 0 Å². The van der Waals surface area contributed by atoms with Crippen molar-refractivity contribution in [3.8, 4) is 34.0 Å². The van der Waals surface area contributed by atoms with Crippen molar-refractivity contribution >= 4 is 0 Å². The van der Waals surface area contributed by atoms with Gasteiger partial charge in [0.2, 0.25) is 5.82 Å². The summed E-state index contributed by atoms with van der Waals surface area (Å²) in [6.07, 6.45) is 4.98. The van der Waals surface area contributed by atoms with Crippen molar-refractivity contribution in [1.29, 1.82) is 0 Å². The van der Waals surface area contributed by atoms with Crippen molar-refractivity contribution in [3.05, 3.63) is 83.9 Å². The Labute approximate surface area is 172 Å². The minimum absolute atomic E-state index is 0.548. The Hall–Kier alpha value is -3.20. The highest BCUT2D eigenvalue weighted by Gasteiger charge is 2.11. The summed E-state index contributed by atoms with van der Waals surface area (Å²) < 4.78 is 5.47. The van der Waals surface area contributed by atoms with E-state index in [1.807, 2.05) is 18.2 Å². The van der Waals surface area contributed by atoms with Crippen LogP contribution in [0.2, 0.25) is 0 Å². The lowest BCUT2D eigenvalue weighted by atomic mass is 10.0. The van der Waals surface area contributed by atoms with Crippen LogP contribution >= 0.6 is 0 Å². The van der Waals surface area contributed by atoms with Gasteiger partial charge in [-0.25, -0.2) is 0 Å². The summed E-state index contributed by atoms with van der Waals surface area (Å²) in [6, 6.07) is 25.3. The van der Waals surface area contributed by atoms with Gasteiger partial charge in [0.25, 0.3) is 5.89 Å². The van der Waals surface area contributed by atoms with Crippen molar-refractivity contribution in [3.63, 3.8) is 0 Å². The highest BCUT2D eigenvalue weighted by molar-refractivity contribution is 5.68. The van der Waals surface area contributed by atoms with Crippen molar-refractivity contribution in [1.82, 2.24) is 10.1 Å². The maximum absolute atomic E-state index is 5.47. The van der Waals surface area contributed by atoms with Crippen LogP contribution in [0, 0.1) is 6.92 Å². The summed E-state index contributed by atoms with van der Waals surface area (Å²) in [5, 5.41) is 4.16. The van der Waals surface area contributed by atoms with Gasteiger partial charge in [-0.15, -0.1) is 0 Å². The van der Waals surface area contributed by atoms with Gasteiger partial charge in [-0.05, 0) is 48.6 Å². The van der Waals surface area contributed by atoms with Gasteiger partial charge in [0, 0.05) is 11.1 Å². The minimum atomic E-state index is 0.548. The lowest BCUT2D eigenvalue weighted by Crippen LogP contribution is -1.86. The van der Waals surface area contributed by atoms with Crippen LogP contribution in [0.15, 0.2) is 77.3 Å². The van der Waals surface area contributed by atoms with E-state index in [4.69, 9.17) is 4.52 Å². The van der Waals surface area contributed by atoms with Crippen LogP contribution < -0.4 is 0 Å². The van der Waals surface area contributed by atoms with Gasteiger partial charge in [0.15, 0.2) is 0 Å². The van der Waals surface area contributed by atoms with Gasteiger partial charge >= 0.3 is 0 Å². The van der Waals surface area contributed by atoms with Gasteiger partial charge in [-0.3, -0.25) is 0 Å². The quantitative estimate of drug-likeness (QED) is 0.320. The number of aromatic nitrogens is 2. The molecule has 0 N–H and O–H groups in total. The molecule has 3 heteroatoms. The number of nitrogens with zero attached hydrogens (tertiary/aromatic N) is 2. The molecule has 0 unspecified atom stereocenters. The fraction of sp³-hybridized carbons (Fsp3) is 0.231. The predicted octanol–water partition coefficient (Wildman–Crippen LogP) is 7.11. The number of hydrogen-bond donors (Lipinski definition) is 0. The molecule has 0 atom stereocenters. The first-order valence-electron chi connectivity index (χ1n) is 10.3. The molecule has 146 valence electrons. The Morgan fingerprint density at radius 1 is 0.759 bits per heavy atom. The van der Waals surface area contributed by atoms with Crippen LogP contribution in [-0.2, 0) is 6.42 Å². The van der Waals surface area contributed by atoms with Crippen LogP contribution in [0.4, 0.5) is 0 Å². The molecule has 4 aromatic rings. The summed E-state index contributed by atoms with van der Waals surface area (Å²) in [4.78, 5) is 4.56. The number of benzene rings is 3. The number of rotatable bonds is 7. The predicted molar refractivity (Wildman–Crippen MR) is 119 cm³/mol. The van der Waals surface area contributed by atoms with E-state index in [1.165, 1.54) is 41.5 Å². The molecule has 0 aliphatic rings. The second kappa shape index (κ2) is 8.87. The Balaban J connectivity index is 1.48. The third kappa shape index (κ3) is 4.62. The first kappa shape index (κ1) is 19.1. The van der Waals surface area contributed by atoms with Crippen LogP contribution in [0.3, 0.4) is 0 Å². The lowest BCUT2D eigenvalue weighted by molar-refractivity contribution is 0.432. The average Bonchev–Trinajstić information content (AvgIpc) is 3.25. The van der Waals surface area contributed by atoms with E-state index < -0.39 is 0 Å². The zero-order valence-corrected chi connectivity index (χ0v) is 17.1. The molecule has 3 aromatic carbocycles. The molecule has 0 amide bonds. The summed E-state index contributed by atoms with van der Waals surface area (Å²) in [5.74, 6) is 1.16. The highest BCUT2D eigenvalue weighted by atomic mass is 16.5. The molecule has 29 heavy (non-hydrogen) atoms. The summed E-state index contributed by atoms with van der Waals surface area (Å²) in [6.45, 7) is 4.29. The Bertz CT molecular complexity index is 1060. The zero-order chi connectivity index (χ0) is 20.1. The van der Waals surface area contributed by atoms with Crippen molar-refractivity contribution < 1.29 is 4.52 Å². The maximum atomic E-state index is 5.47. The third-order valence-electron chi connectivity index (χ3n) is 5.19. The van der Waals surface area contributed by atoms with E-state index in [0.29, 0.717) is 11.7 Å². The second-order valence-electron chi connectivity index (χ2n) is 7.52. The van der Waals surface area contributed by atoms with Crippen molar-refractivity contribution in [2.45, 2.75) is 39.5 Å². The third-order valence-corrected chi connectivity index (χ3v) is 5.19. The Morgan fingerprint density at radius 2 is 1.45 bits per heavy atom. The van der Waals surface area contributed by atoms with Gasteiger partial charge in [0.05, 0.1) is 0 Å². The molecule has 1 aromatic heterocycles. The minimum Gasteiger partial charge on any atom is -0.334 e. The molecule has 0 bridgehead atoms. The molecule has 0 saturated heterocycles. The smallest absolute Gasteiger partial charge is 0.258 e. The fourth-order valence-electron chi connectivity index (χ4n) is 3.49. The fourth-order valence-corrected chi connectivity index (χ4v) is 3.49. The highest BCUT2D eigenvalue weighted by Crippen LogP contribution is 2.26. The van der Waals surface area contributed by atoms with Crippen LogP contribution in [0.1, 0.15) is 37.3 Å². The topological polar surface area (TPSA) is 38.9 Å². The van der Waals surface area contributed by atoms with Gasteiger partial charge < -0.3 is 4.52 Å². The van der Waals surface area contributed by atoms with E-state index in [-0.39, 0.29) is 0 Å². The molecule has 4 rings (SSSR count). The summed E-state index contributed by atoms with van der Waals surface area (Å²) in [7, 11) is 0. The van der Waals surface area contributed by atoms with Crippen LogP contribution in [-0.4, -0.2) is 10.1 Å². The zero-order valence-electron chi connectivity index (χ0n) is 17.1. The van der Waals surface area contributed by atoms with E-state index >= 15 is 0 Å². The molecule has 0 spiro atoms. The van der Waals surface area contributed by atoms with Gasteiger partial charge in [-0.1, -0.05) is 91.1 Å². The average molecular weight is 383 g/mol. The number of aryl methyl sites for hydroxylation is 2. The normalized spacial score (nSPS) is 11.0. The molecule has 0 saturated carbocycles. The first-order valence-corrected chi connectivity index (χ1v) is 10.3. The Morgan fingerprint density at radius 3 is 2.14 bits per heavy atom. The number of unbranched alkanes of at least 4 members (excludes halogenated alkanes) is 2. The van der Waals surface area contributed by atoms with Crippen LogP contribution in [0.5, 0.6) is 0 Å². The largest absolute Gasteiger partial charge is 0.334 e. The Kier molecular flexibility index (Phi) is 5.85. The first-order chi connectivity index (χ1) is 14.2. The number of hydrogen-bond acceptors (Lipinski definition) is 3.